The lowest BCUT2D eigenvalue weighted by atomic mass is 9.96. The van der Waals surface area contributed by atoms with Crippen molar-refractivity contribution in [3.63, 3.8) is 0 Å². The Labute approximate surface area is 129 Å². The molecule has 0 bridgehead atoms. The molecule has 0 heterocycles. The second kappa shape index (κ2) is 8.48. The van der Waals surface area contributed by atoms with Crippen LogP contribution in [-0.4, -0.2) is 29.6 Å². The van der Waals surface area contributed by atoms with Gasteiger partial charge in [-0.25, -0.2) is 4.39 Å². The third-order valence-corrected chi connectivity index (χ3v) is 3.57. The normalized spacial score (nSPS) is 12.1. The van der Waals surface area contributed by atoms with Gasteiger partial charge in [0.25, 0.3) is 0 Å². The van der Waals surface area contributed by atoms with Gasteiger partial charge in [-0.3, -0.25) is 9.59 Å². The number of aliphatic hydroxyl groups is 1. The lowest BCUT2D eigenvalue weighted by Crippen LogP contribution is -2.41. The summed E-state index contributed by atoms with van der Waals surface area (Å²) in [6.45, 7) is 5.61. The Morgan fingerprint density at radius 1 is 1.18 bits per heavy atom. The number of nitrogens with one attached hydrogen (secondary N) is 2. The van der Waals surface area contributed by atoms with Crippen molar-refractivity contribution < 1.29 is 19.1 Å². The van der Waals surface area contributed by atoms with Crippen molar-refractivity contribution in [2.24, 2.45) is 5.92 Å². The molecule has 0 radical (unpaired) electrons. The predicted molar refractivity (Wildman–Crippen MR) is 82.9 cm³/mol. The van der Waals surface area contributed by atoms with E-state index in [4.69, 9.17) is 0 Å². The molecule has 1 aromatic carbocycles. The van der Waals surface area contributed by atoms with E-state index in [1.807, 2.05) is 13.8 Å². The summed E-state index contributed by atoms with van der Waals surface area (Å²) < 4.78 is 13.2. The smallest absolute Gasteiger partial charge is 0.313 e. The Morgan fingerprint density at radius 2 is 1.82 bits per heavy atom. The van der Waals surface area contributed by atoms with Crippen LogP contribution in [0.25, 0.3) is 0 Å². The number of aliphatic hydroxyl groups excluding tert-OH is 1. The monoisotopic (exact) mass is 310 g/mol. The molecule has 6 heteroatoms. The summed E-state index contributed by atoms with van der Waals surface area (Å²) in [6.07, 6.45) is 0.896. The van der Waals surface area contributed by atoms with Gasteiger partial charge in [-0.2, -0.15) is 0 Å². The third kappa shape index (κ3) is 5.44. The van der Waals surface area contributed by atoms with Crippen LogP contribution < -0.4 is 10.6 Å². The van der Waals surface area contributed by atoms with E-state index < -0.39 is 23.7 Å². The quantitative estimate of drug-likeness (QED) is 0.703. The summed E-state index contributed by atoms with van der Waals surface area (Å²) in [7, 11) is 0. The van der Waals surface area contributed by atoms with Crippen LogP contribution >= 0.6 is 0 Å². The summed E-state index contributed by atoms with van der Waals surface area (Å²) in [4.78, 5) is 23.4. The van der Waals surface area contributed by atoms with Crippen LogP contribution in [0.5, 0.6) is 0 Å². The minimum absolute atomic E-state index is 0.0147. The maximum absolute atomic E-state index is 13.2. The Kier molecular flexibility index (Phi) is 6.98. The fraction of sp³-hybridized carbons (Fsp3) is 0.500. The highest BCUT2D eigenvalue weighted by molar-refractivity contribution is 6.39. The van der Waals surface area contributed by atoms with Gasteiger partial charge in [-0.1, -0.05) is 26.7 Å². The first-order valence-electron chi connectivity index (χ1n) is 7.41. The molecule has 0 aromatic heterocycles. The number of aryl methyl sites for hydroxylation is 1. The maximum atomic E-state index is 13.2. The second-order valence-corrected chi connectivity index (χ2v) is 5.33. The summed E-state index contributed by atoms with van der Waals surface area (Å²) >= 11 is 0. The lowest BCUT2D eigenvalue weighted by Gasteiger charge is -2.20. The van der Waals surface area contributed by atoms with Crippen molar-refractivity contribution in [1.82, 2.24) is 5.32 Å². The van der Waals surface area contributed by atoms with Crippen LogP contribution in [0.15, 0.2) is 18.2 Å². The first-order chi connectivity index (χ1) is 10.4. The number of carbonyl (C=O) groups excluding carboxylic acids is 2. The van der Waals surface area contributed by atoms with Crippen LogP contribution in [0.4, 0.5) is 10.1 Å². The molecule has 1 aromatic rings. The molecule has 1 unspecified atom stereocenters. The molecule has 0 saturated carbocycles. The van der Waals surface area contributed by atoms with Crippen LogP contribution in [0.1, 0.15) is 32.3 Å². The van der Waals surface area contributed by atoms with E-state index in [2.05, 4.69) is 10.6 Å². The van der Waals surface area contributed by atoms with Crippen molar-refractivity contribution in [2.75, 3.05) is 11.9 Å². The fourth-order valence-corrected chi connectivity index (χ4v) is 2.27. The van der Waals surface area contributed by atoms with Crippen molar-refractivity contribution >= 4 is 17.5 Å². The van der Waals surface area contributed by atoms with Gasteiger partial charge in [0.2, 0.25) is 0 Å². The van der Waals surface area contributed by atoms with E-state index in [0.29, 0.717) is 5.56 Å². The number of hydrogen-bond acceptors (Lipinski definition) is 3. The second-order valence-electron chi connectivity index (χ2n) is 5.33. The summed E-state index contributed by atoms with van der Waals surface area (Å²) in [5, 5.41) is 14.6. The van der Waals surface area contributed by atoms with Crippen molar-refractivity contribution in [3.05, 3.63) is 29.6 Å². The van der Waals surface area contributed by atoms with Crippen LogP contribution in [0, 0.1) is 18.7 Å². The average molecular weight is 310 g/mol. The van der Waals surface area contributed by atoms with Crippen molar-refractivity contribution in [3.8, 4) is 0 Å². The molecule has 0 aliphatic rings. The van der Waals surface area contributed by atoms with Gasteiger partial charge in [-0.15, -0.1) is 0 Å². The number of rotatable bonds is 6. The van der Waals surface area contributed by atoms with E-state index in [1.54, 1.807) is 13.0 Å². The molecule has 0 spiro atoms. The maximum Gasteiger partial charge on any atom is 0.313 e. The molecule has 2 amide bonds. The zero-order valence-electron chi connectivity index (χ0n) is 13.1. The van der Waals surface area contributed by atoms with E-state index in [-0.39, 0.29) is 18.2 Å². The molecule has 5 nitrogen and oxygen atoms in total. The first-order valence-corrected chi connectivity index (χ1v) is 7.41. The van der Waals surface area contributed by atoms with Gasteiger partial charge in [0.15, 0.2) is 0 Å². The molecule has 1 atom stereocenters. The zero-order valence-corrected chi connectivity index (χ0v) is 13.1. The van der Waals surface area contributed by atoms with Crippen molar-refractivity contribution in [2.45, 2.75) is 39.7 Å². The highest BCUT2D eigenvalue weighted by Crippen LogP contribution is 2.13. The molecule has 0 fully saturated rings. The van der Waals surface area contributed by atoms with Gasteiger partial charge in [0, 0.05) is 12.2 Å². The summed E-state index contributed by atoms with van der Waals surface area (Å²) in [6, 6.07) is 4.02. The largest absolute Gasteiger partial charge is 0.391 e. The van der Waals surface area contributed by atoms with Crippen LogP contribution in [0.3, 0.4) is 0 Å². The highest BCUT2D eigenvalue weighted by atomic mass is 19.1. The molecule has 3 N–H and O–H groups in total. The van der Waals surface area contributed by atoms with Crippen LogP contribution in [-0.2, 0) is 9.59 Å². The Hall–Kier alpha value is -1.95. The SMILES string of the molecule is CCC(CC)C(O)CNC(=O)C(=O)Nc1cc(C)cc(F)c1. The summed E-state index contributed by atoms with van der Waals surface area (Å²) in [5.74, 6) is -2.15. The molecule has 0 saturated heterocycles. The molecular formula is C16H23FN2O3. The van der Waals surface area contributed by atoms with E-state index in [0.717, 1.165) is 18.9 Å². The zero-order chi connectivity index (χ0) is 16.7. The molecule has 122 valence electrons. The van der Waals surface area contributed by atoms with Crippen LogP contribution in [0.2, 0.25) is 0 Å². The molecule has 1 rings (SSSR count). The number of benzene rings is 1. The number of amides is 2. The number of anilines is 1. The van der Waals surface area contributed by atoms with E-state index in [9.17, 15) is 19.1 Å². The highest BCUT2D eigenvalue weighted by Gasteiger charge is 2.19. The van der Waals surface area contributed by atoms with Gasteiger partial charge < -0.3 is 15.7 Å². The van der Waals surface area contributed by atoms with Crippen molar-refractivity contribution in [1.29, 1.82) is 0 Å². The molecule has 0 aliphatic carbocycles. The van der Waals surface area contributed by atoms with E-state index in [1.165, 1.54) is 6.07 Å². The molecule has 22 heavy (non-hydrogen) atoms. The standard InChI is InChI=1S/C16H23FN2O3/c1-4-11(5-2)14(20)9-18-15(21)16(22)19-13-7-10(3)6-12(17)8-13/h6-8,11,14,20H,4-5,9H2,1-3H3,(H,18,21)(H,19,22). The summed E-state index contributed by atoms with van der Waals surface area (Å²) in [5.41, 5.74) is 0.859. The number of carbonyl (C=O) groups is 2. The third-order valence-electron chi connectivity index (χ3n) is 3.57. The Morgan fingerprint density at radius 3 is 2.36 bits per heavy atom. The minimum Gasteiger partial charge on any atom is -0.391 e. The number of hydrogen-bond donors (Lipinski definition) is 3. The fourth-order valence-electron chi connectivity index (χ4n) is 2.27. The average Bonchev–Trinajstić information content (AvgIpc) is 2.44. The van der Waals surface area contributed by atoms with Gasteiger partial charge in [-0.05, 0) is 36.6 Å². The molecule has 0 aliphatic heterocycles. The lowest BCUT2D eigenvalue weighted by molar-refractivity contribution is -0.136. The first kappa shape index (κ1) is 18.1. The van der Waals surface area contributed by atoms with Gasteiger partial charge in [0.1, 0.15) is 5.82 Å². The van der Waals surface area contributed by atoms with Gasteiger partial charge >= 0.3 is 11.8 Å². The topological polar surface area (TPSA) is 78.4 Å². The molecular weight excluding hydrogens is 287 g/mol. The Balaban J connectivity index is 2.53. The minimum atomic E-state index is -0.887. The Bertz CT molecular complexity index is 510. The van der Waals surface area contributed by atoms with E-state index >= 15 is 0 Å². The number of halogens is 1. The van der Waals surface area contributed by atoms with Gasteiger partial charge in [0.05, 0.1) is 6.10 Å². The predicted octanol–water partition coefficient (Wildman–Crippen LogP) is 1.99.